The fraction of sp³-hybridized carbons (Fsp3) is 0.323. The van der Waals surface area contributed by atoms with E-state index in [9.17, 15) is 14.4 Å². The molecule has 2 aliphatic heterocycles. The van der Waals surface area contributed by atoms with Crippen molar-refractivity contribution in [2.24, 2.45) is 5.92 Å². The summed E-state index contributed by atoms with van der Waals surface area (Å²) in [4.78, 5) is 42.6. The third kappa shape index (κ3) is 5.32. The van der Waals surface area contributed by atoms with Gasteiger partial charge in [-0.05, 0) is 67.3 Å². The average Bonchev–Trinajstić information content (AvgIpc) is 3.33. The second-order valence-electron chi connectivity index (χ2n) is 10.2. The summed E-state index contributed by atoms with van der Waals surface area (Å²) < 4.78 is 10.8. The predicted octanol–water partition coefficient (Wildman–Crippen LogP) is 4.79. The molecule has 202 valence electrons. The van der Waals surface area contributed by atoms with Gasteiger partial charge in [0.15, 0.2) is 0 Å². The van der Waals surface area contributed by atoms with Gasteiger partial charge in [0.05, 0.1) is 32.4 Å². The summed E-state index contributed by atoms with van der Waals surface area (Å²) in [7, 11) is 3.12. The van der Waals surface area contributed by atoms with Crippen molar-refractivity contribution in [1.82, 2.24) is 0 Å². The monoisotopic (exact) mass is 527 g/mol. The van der Waals surface area contributed by atoms with Crippen LogP contribution in [0, 0.1) is 19.8 Å². The molecule has 0 aromatic heterocycles. The Kier molecular flexibility index (Phi) is 7.28. The molecular formula is C31H33N3O5. The van der Waals surface area contributed by atoms with Gasteiger partial charge in [-0.25, -0.2) is 0 Å². The minimum atomic E-state index is -0.523. The Labute approximate surface area is 228 Å². The third-order valence-electron chi connectivity index (χ3n) is 7.55. The molecule has 5 rings (SSSR count). The molecule has 0 spiro atoms. The van der Waals surface area contributed by atoms with Gasteiger partial charge in [-0.2, -0.15) is 0 Å². The molecule has 0 radical (unpaired) electrons. The first kappa shape index (κ1) is 26.3. The number of nitrogens with zero attached hydrogens (tertiary/aromatic N) is 2. The zero-order chi connectivity index (χ0) is 27.7. The first-order chi connectivity index (χ1) is 18.8. The maximum absolute atomic E-state index is 14.2. The van der Waals surface area contributed by atoms with E-state index in [1.54, 1.807) is 42.2 Å². The van der Waals surface area contributed by atoms with Gasteiger partial charge < -0.3 is 24.6 Å². The summed E-state index contributed by atoms with van der Waals surface area (Å²) in [5, 5.41) is 2.91. The number of aryl methyl sites for hydroxylation is 3. The van der Waals surface area contributed by atoms with E-state index in [1.807, 2.05) is 32.0 Å². The standard InChI is InChI=1S/C31H33N3O5/c1-19-5-6-20(2)22(13-19)17-33(24-8-10-26-21(14-24)7-12-29(35)32-26)31(37)23-15-30(36)34(18-23)27-11-9-25(38-3)16-28(27)39-4/h5-6,8-11,13-14,16,23H,7,12,15,17-18H2,1-4H3,(H,32,35). The van der Waals surface area contributed by atoms with Crippen molar-refractivity contribution in [3.8, 4) is 11.5 Å². The van der Waals surface area contributed by atoms with Crippen LogP contribution in [0.3, 0.4) is 0 Å². The molecule has 3 aromatic rings. The molecule has 0 aliphatic carbocycles. The Morgan fingerprint density at radius 2 is 1.82 bits per heavy atom. The van der Waals surface area contributed by atoms with Crippen molar-refractivity contribution >= 4 is 34.8 Å². The van der Waals surface area contributed by atoms with Gasteiger partial charge >= 0.3 is 0 Å². The number of benzene rings is 3. The average molecular weight is 528 g/mol. The summed E-state index contributed by atoms with van der Waals surface area (Å²) in [6.07, 6.45) is 1.14. The quantitative estimate of drug-likeness (QED) is 0.477. The van der Waals surface area contributed by atoms with E-state index in [0.717, 1.165) is 33.6 Å². The van der Waals surface area contributed by atoms with Crippen molar-refractivity contribution in [3.63, 3.8) is 0 Å². The van der Waals surface area contributed by atoms with Gasteiger partial charge in [0.1, 0.15) is 11.5 Å². The molecular weight excluding hydrogens is 494 g/mol. The topological polar surface area (TPSA) is 88.2 Å². The number of rotatable bonds is 7. The molecule has 3 amide bonds. The zero-order valence-electron chi connectivity index (χ0n) is 22.7. The lowest BCUT2D eigenvalue weighted by molar-refractivity contribution is -0.124. The predicted molar refractivity (Wildman–Crippen MR) is 151 cm³/mol. The summed E-state index contributed by atoms with van der Waals surface area (Å²) in [5.74, 6) is 0.371. The van der Waals surface area contributed by atoms with Crippen LogP contribution in [0.1, 0.15) is 35.1 Å². The fourth-order valence-electron chi connectivity index (χ4n) is 5.31. The maximum atomic E-state index is 14.2. The Balaban J connectivity index is 1.47. The van der Waals surface area contributed by atoms with E-state index in [4.69, 9.17) is 9.47 Å². The highest BCUT2D eigenvalue weighted by Crippen LogP contribution is 2.37. The molecule has 8 heteroatoms. The highest BCUT2D eigenvalue weighted by molar-refractivity contribution is 6.05. The molecule has 0 bridgehead atoms. The highest BCUT2D eigenvalue weighted by atomic mass is 16.5. The Hall–Kier alpha value is -4.33. The Morgan fingerprint density at radius 3 is 2.59 bits per heavy atom. The van der Waals surface area contributed by atoms with Crippen molar-refractivity contribution in [1.29, 1.82) is 0 Å². The van der Waals surface area contributed by atoms with Crippen LogP contribution >= 0.6 is 0 Å². The van der Waals surface area contributed by atoms with Crippen LogP contribution < -0.4 is 24.6 Å². The lowest BCUT2D eigenvalue weighted by atomic mass is 9.99. The number of hydrogen-bond acceptors (Lipinski definition) is 5. The van der Waals surface area contributed by atoms with Crippen molar-refractivity contribution in [2.45, 2.75) is 39.7 Å². The number of amides is 3. The van der Waals surface area contributed by atoms with Crippen LogP contribution in [0.2, 0.25) is 0 Å². The Morgan fingerprint density at radius 1 is 1.00 bits per heavy atom. The number of fused-ring (bicyclic) bond motifs is 1. The van der Waals surface area contributed by atoms with Crippen molar-refractivity contribution < 1.29 is 23.9 Å². The van der Waals surface area contributed by atoms with E-state index in [2.05, 4.69) is 23.5 Å². The van der Waals surface area contributed by atoms with Gasteiger partial charge in [0.25, 0.3) is 0 Å². The first-order valence-electron chi connectivity index (χ1n) is 13.1. The van der Waals surface area contributed by atoms with Crippen LogP contribution in [0.25, 0.3) is 0 Å². The van der Waals surface area contributed by atoms with Crippen molar-refractivity contribution in [3.05, 3.63) is 76.9 Å². The lowest BCUT2D eigenvalue weighted by Gasteiger charge is -2.28. The van der Waals surface area contributed by atoms with Crippen LogP contribution in [-0.2, 0) is 27.3 Å². The highest BCUT2D eigenvalue weighted by Gasteiger charge is 2.39. The SMILES string of the molecule is COc1ccc(N2CC(C(=O)N(Cc3cc(C)ccc3C)c3ccc4c(c3)CCC(=O)N4)CC2=O)c(OC)c1. The van der Waals surface area contributed by atoms with E-state index in [1.165, 1.54) is 0 Å². The van der Waals surface area contributed by atoms with Gasteiger partial charge in [-0.1, -0.05) is 23.8 Å². The van der Waals surface area contributed by atoms with E-state index in [-0.39, 0.29) is 30.7 Å². The number of nitrogens with one attached hydrogen (secondary N) is 1. The third-order valence-corrected chi connectivity index (χ3v) is 7.55. The first-order valence-corrected chi connectivity index (χ1v) is 13.1. The smallest absolute Gasteiger partial charge is 0.232 e. The van der Waals surface area contributed by atoms with E-state index >= 15 is 0 Å². The molecule has 1 saturated heterocycles. The number of hydrogen-bond donors (Lipinski definition) is 1. The van der Waals surface area contributed by atoms with Gasteiger partial charge in [-0.15, -0.1) is 0 Å². The fourth-order valence-corrected chi connectivity index (χ4v) is 5.31. The van der Waals surface area contributed by atoms with Crippen LogP contribution in [0.4, 0.5) is 17.1 Å². The molecule has 2 aliphatic rings. The largest absolute Gasteiger partial charge is 0.497 e. The number of carbonyl (C=O) groups excluding carboxylic acids is 3. The molecule has 39 heavy (non-hydrogen) atoms. The number of methoxy groups -OCH3 is 2. The molecule has 1 unspecified atom stereocenters. The number of carbonyl (C=O) groups is 3. The summed E-state index contributed by atoms with van der Waals surface area (Å²) in [6.45, 7) is 4.71. The van der Waals surface area contributed by atoms with Gasteiger partial charge in [-0.3, -0.25) is 14.4 Å². The van der Waals surface area contributed by atoms with Crippen LogP contribution in [0.5, 0.6) is 11.5 Å². The second-order valence-corrected chi connectivity index (χ2v) is 10.2. The molecule has 1 N–H and O–H groups in total. The molecule has 1 atom stereocenters. The summed E-state index contributed by atoms with van der Waals surface area (Å²) in [5.41, 5.74) is 6.40. The second kappa shape index (κ2) is 10.8. The summed E-state index contributed by atoms with van der Waals surface area (Å²) >= 11 is 0. The van der Waals surface area contributed by atoms with Crippen molar-refractivity contribution in [2.75, 3.05) is 35.9 Å². The Bertz CT molecular complexity index is 1450. The lowest BCUT2D eigenvalue weighted by Crippen LogP contribution is -2.37. The van der Waals surface area contributed by atoms with Gasteiger partial charge in [0, 0.05) is 36.8 Å². The van der Waals surface area contributed by atoms with Gasteiger partial charge in [0.2, 0.25) is 17.7 Å². The van der Waals surface area contributed by atoms with Crippen LogP contribution in [0.15, 0.2) is 54.6 Å². The molecule has 1 fully saturated rings. The minimum absolute atomic E-state index is 0.00270. The molecule has 0 saturated carbocycles. The molecule has 8 nitrogen and oxygen atoms in total. The van der Waals surface area contributed by atoms with Crippen LogP contribution in [-0.4, -0.2) is 38.5 Å². The molecule has 3 aromatic carbocycles. The van der Waals surface area contributed by atoms with E-state index in [0.29, 0.717) is 36.6 Å². The zero-order valence-corrected chi connectivity index (χ0v) is 22.7. The minimum Gasteiger partial charge on any atom is -0.497 e. The number of ether oxygens (including phenoxy) is 2. The normalized spacial score (nSPS) is 16.5. The molecule has 2 heterocycles. The number of anilines is 3. The maximum Gasteiger partial charge on any atom is 0.232 e. The van der Waals surface area contributed by atoms with E-state index < -0.39 is 5.92 Å². The summed E-state index contributed by atoms with van der Waals surface area (Å²) in [6, 6.07) is 17.2.